The lowest BCUT2D eigenvalue weighted by molar-refractivity contribution is -0.126. The lowest BCUT2D eigenvalue weighted by atomic mass is 9.95. The molecule has 0 saturated carbocycles. The molecule has 0 bridgehead atoms. The molecule has 3 N–H and O–H groups in total. The van der Waals surface area contributed by atoms with Crippen LogP contribution >= 0.6 is 0 Å². The lowest BCUT2D eigenvalue weighted by Gasteiger charge is -2.31. The molecule has 1 saturated heterocycles. The minimum Gasteiger partial charge on any atom is -0.349 e. The van der Waals surface area contributed by atoms with Gasteiger partial charge in [0.2, 0.25) is 5.91 Å². The summed E-state index contributed by atoms with van der Waals surface area (Å²) in [4.78, 5) is 11.8. The molecule has 0 aliphatic carbocycles. The van der Waals surface area contributed by atoms with Gasteiger partial charge in [0.15, 0.2) is 9.84 Å². The van der Waals surface area contributed by atoms with Crippen LogP contribution in [0.3, 0.4) is 0 Å². The van der Waals surface area contributed by atoms with E-state index in [-0.39, 0.29) is 23.5 Å². The van der Waals surface area contributed by atoms with Crippen molar-refractivity contribution >= 4 is 15.7 Å². The normalized spacial score (nSPS) is 26.4. The number of nitrogens with two attached hydrogens (primary N) is 1. The molecule has 1 aliphatic heterocycles. The summed E-state index contributed by atoms with van der Waals surface area (Å²) in [7, 11) is -3.01. The van der Waals surface area contributed by atoms with Crippen molar-refractivity contribution < 1.29 is 13.2 Å². The van der Waals surface area contributed by atoms with Gasteiger partial charge >= 0.3 is 0 Å². The van der Waals surface area contributed by atoms with E-state index in [4.69, 9.17) is 5.73 Å². The molecule has 1 amide bonds. The fourth-order valence-corrected chi connectivity index (χ4v) is 3.28. The molecule has 94 valence electrons. The molecule has 1 rings (SSSR count). The molecule has 0 spiro atoms. The predicted molar refractivity (Wildman–Crippen MR) is 62.6 cm³/mol. The third kappa shape index (κ3) is 3.18. The highest BCUT2D eigenvalue weighted by Crippen LogP contribution is 2.19. The van der Waals surface area contributed by atoms with Gasteiger partial charge in [0, 0.05) is 11.6 Å². The summed E-state index contributed by atoms with van der Waals surface area (Å²) in [5.41, 5.74) is 5.23. The molecule has 1 heterocycles. The number of amides is 1. The van der Waals surface area contributed by atoms with Crippen LogP contribution in [0, 0.1) is 5.92 Å². The maximum Gasteiger partial charge on any atom is 0.224 e. The lowest BCUT2D eigenvalue weighted by Crippen LogP contribution is -2.56. The Bertz CT molecular complexity index is 374. The molecule has 0 aromatic rings. The fraction of sp³-hybridized carbons (Fsp3) is 0.900. The SMILES string of the molecule is CC(N)C(C)(C)NC(=O)C1CCS(=O)(=O)C1. The van der Waals surface area contributed by atoms with Gasteiger partial charge in [-0.2, -0.15) is 0 Å². The smallest absolute Gasteiger partial charge is 0.224 e. The van der Waals surface area contributed by atoms with Gasteiger partial charge in [-0.25, -0.2) is 8.42 Å². The molecule has 0 aromatic carbocycles. The first-order valence-corrected chi connectivity index (χ1v) is 7.24. The zero-order valence-corrected chi connectivity index (χ0v) is 10.8. The van der Waals surface area contributed by atoms with Crippen LogP contribution in [-0.4, -0.2) is 37.4 Å². The zero-order chi connectivity index (χ0) is 12.6. The quantitative estimate of drug-likeness (QED) is 0.715. The Morgan fingerprint density at radius 3 is 2.44 bits per heavy atom. The minimum atomic E-state index is -3.01. The molecular formula is C10H20N2O3S. The highest BCUT2D eigenvalue weighted by Gasteiger charge is 2.35. The second-order valence-corrected chi connectivity index (χ2v) is 7.33. The van der Waals surface area contributed by atoms with E-state index in [1.807, 2.05) is 20.8 Å². The molecule has 0 radical (unpaired) electrons. The summed E-state index contributed by atoms with van der Waals surface area (Å²) in [6, 6.07) is -0.186. The van der Waals surface area contributed by atoms with Gasteiger partial charge in [-0.3, -0.25) is 4.79 Å². The van der Waals surface area contributed by atoms with Gasteiger partial charge in [-0.1, -0.05) is 0 Å². The molecule has 2 atom stereocenters. The Kier molecular flexibility index (Phi) is 3.64. The van der Waals surface area contributed by atoms with Crippen molar-refractivity contribution in [2.75, 3.05) is 11.5 Å². The standard InChI is InChI=1S/C10H20N2O3S/c1-7(11)10(2,3)12-9(13)8-4-5-16(14,15)6-8/h7-8H,4-6,11H2,1-3H3,(H,12,13). The number of sulfone groups is 1. The zero-order valence-electron chi connectivity index (χ0n) is 9.99. The number of hydrogen-bond donors (Lipinski definition) is 2. The van der Waals surface area contributed by atoms with Crippen LogP contribution in [0.5, 0.6) is 0 Å². The Morgan fingerprint density at radius 1 is 1.50 bits per heavy atom. The van der Waals surface area contributed by atoms with E-state index in [1.165, 1.54) is 0 Å². The van der Waals surface area contributed by atoms with Gasteiger partial charge in [-0.05, 0) is 27.2 Å². The Morgan fingerprint density at radius 2 is 2.06 bits per heavy atom. The average molecular weight is 248 g/mol. The average Bonchev–Trinajstić information content (AvgIpc) is 2.45. The second kappa shape index (κ2) is 4.33. The van der Waals surface area contributed by atoms with Crippen LogP contribution in [-0.2, 0) is 14.6 Å². The Labute approximate surface area is 96.7 Å². The van der Waals surface area contributed by atoms with Gasteiger partial charge in [0.25, 0.3) is 0 Å². The van der Waals surface area contributed by atoms with Crippen molar-refractivity contribution in [1.82, 2.24) is 5.32 Å². The monoisotopic (exact) mass is 248 g/mol. The first kappa shape index (κ1) is 13.4. The van der Waals surface area contributed by atoms with Crippen molar-refractivity contribution in [3.63, 3.8) is 0 Å². The number of hydrogen-bond acceptors (Lipinski definition) is 4. The summed E-state index contributed by atoms with van der Waals surface area (Å²) in [6.45, 7) is 5.48. The van der Waals surface area contributed by atoms with Crippen LogP contribution in [0.25, 0.3) is 0 Å². The second-order valence-electron chi connectivity index (χ2n) is 5.10. The van der Waals surface area contributed by atoms with E-state index in [2.05, 4.69) is 5.32 Å². The molecule has 16 heavy (non-hydrogen) atoms. The van der Waals surface area contributed by atoms with E-state index in [0.717, 1.165) is 0 Å². The molecule has 1 aliphatic rings. The first-order valence-electron chi connectivity index (χ1n) is 5.42. The Balaban J connectivity index is 2.61. The van der Waals surface area contributed by atoms with E-state index in [1.54, 1.807) is 0 Å². The number of rotatable bonds is 3. The summed E-state index contributed by atoms with van der Waals surface area (Å²) in [5.74, 6) is -0.538. The summed E-state index contributed by atoms with van der Waals surface area (Å²) in [5, 5.41) is 2.81. The summed E-state index contributed by atoms with van der Waals surface area (Å²) >= 11 is 0. The molecule has 0 aromatic heterocycles. The molecule has 1 fully saturated rings. The van der Waals surface area contributed by atoms with Gasteiger partial charge in [-0.15, -0.1) is 0 Å². The van der Waals surface area contributed by atoms with Crippen LogP contribution in [0.4, 0.5) is 0 Å². The number of nitrogens with one attached hydrogen (secondary N) is 1. The van der Waals surface area contributed by atoms with Gasteiger partial charge in [0.1, 0.15) is 0 Å². The van der Waals surface area contributed by atoms with Crippen molar-refractivity contribution in [3.8, 4) is 0 Å². The van der Waals surface area contributed by atoms with E-state index in [0.29, 0.717) is 6.42 Å². The highest BCUT2D eigenvalue weighted by molar-refractivity contribution is 7.91. The van der Waals surface area contributed by atoms with E-state index >= 15 is 0 Å². The van der Waals surface area contributed by atoms with Crippen LogP contribution in [0.2, 0.25) is 0 Å². The maximum atomic E-state index is 11.8. The third-order valence-corrected chi connectivity index (χ3v) is 4.95. The molecule has 5 nitrogen and oxygen atoms in total. The van der Waals surface area contributed by atoms with Gasteiger partial charge < -0.3 is 11.1 Å². The Hall–Kier alpha value is -0.620. The molecular weight excluding hydrogens is 228 g/mol. The fourth-order valence-electron chi connectivity index (χ4n) is 1.54. The van der Waals surface area contributed by atoms with Crippen LogP contribution < -0.4 is 11.1 Å². The number of carbonyl (C=O) groups is 1. The van der Waals surface area contributed by atoms with Crippen LogP contribution in [0.1, 0.15) is 27.2 Å². The molecule has 6 heteroatoms. The van der Waals surface area contributed by atoms with E-state index in [9.17, 15) is 13.2 Å². The largest absolute Gasteiger partial charge is 0.349 e. The first-order chi connectivity index (χ1) is 7.14. The maximum absolute atomic E-state index is 11.8. The van der Waals surface area contributed by atoms with E-state index < -0.39 is 21.3 Å². The topological polar surface area (TPSA) is 89.3 Å². The van der Waals surface area contributed by atoms with Crippen molar-refractivity contribution in [1.29, 1.82) is 0 Å². The van der Waals surface area contributed by atoms with Crippen LogP contribution in [0.15, 0.2) is 0 Å². The molecule has 2 unspecified atom stereocenters. The van der Waals surface area contributed by atoms with Crippen molar-refractivity contribution in [2.45, 2.75) is 38.8 Å². The predicted octanol–water partition coefficient (Wildman–Crippen LogP) is -0.337. The van der Waals surface area contributed by atoms with Crippen molar-refractivity contribution in [2.24, 2.45) is 11.7 Å². The third-order valence-electron chi connectivity index (χ3n) is 3.19. The number of carbonyl (C=O) groups excluding carboxylic acids is 1. The minimum absolute atomic E-state index is 0.0339. The highest BCUT2D eigenvalue weighted by atomic mass is 32.2. The van der Waals surface area contributed by atoms with Gasteiger partial charge in [0.05, 0.1) is 17.4 Å². The van der Waals surface area contributed by atoms with Crippen molar-refractivity contribution in [3.05, 3.63) is 0 Å². The summed E-state index contributed by atoms with van der Waals surface area (Å²) in [6.07, 6.45) is 0.420. The summed E-state index contributed by atoms with van der Waals surface area (Å²) < 4.78 is 22.5.